The van der Waals surface area contributed by atoms with Crippen LogP contribution in [0, 0.1) is 0 Å². The average Bonchev–Trinajstić information content (AvgIpc) is 3.08. The number of aromatic nitrogens is 2. The maximum Gasteiger partial charge on any atom is 0.218 e. The van der Waals surface area contributed by atoms with Crippen molar-refractivity contribution in [1.29, 1.82) is 0 Å². The van der Waals surface area contributed by atoms with Crippen molar-refractivity contribution in [2.24, 2.45) is 0 Å². The summed E-state index contributed by atoms with van der Waals surface area (Å²) in [7, 11) is -3.31. The van der Waals surface area contributed by atoms with Crippen molar-refractivity contribution in [3.63, 3.8) is 0 Å². The zero-order valence-electron chi connectivity index (χ0n) is 16.2. The molecule has 0 unspecified atom stereocenters. The molecule has 1 aliphatic heterocycles. The highest BCUT2D eigenvalue weighted by molar-refractivity contribution is 7.88. The Bertz CT molecular complexity index is 1040. The number of sulfonamides is 1. The van der Waals surface area contributed by atoms with Crippen molar-refractivity contribution in [2.75, 3.05) is 31.1 Å². The molecule has 3 aromatic rings. The Kier molecular flexibility index (Phi) is 5.37. The fourth-order valence-electron chi connectivity index (χ4n) is 3.79. The molecule has 2 heterocycles. The lowest BCUT2D eigenvalue weighted by molar-refractivity contribution is 0.380. The molecule has 0 bridgehead atoms. The van der Waals surface area contributed by atoms with E-state index >= 15 is 0 Å². The van der Waals surface area contributed by atoms with Gasteiger partial charge in [-0.25, -0.2) is 13.4 Å². The third-order valence-electron chi connectivity index (χ3n) is 5.19. The first-order valence-corrected chi connectivity index (χ1v) is 11.4. The molecule has 1 aromatic heterocycles. The van der Waals surface area contributed by atoms with Crippen molar-refractivity contribution < 1.29 is 8.42 Å². The van der Waals surface area contributed by atoms with Gasteiger partial charge in [-0.2, -0.15) is 4.31 Å². The van der Waals surface area contributed by atoms with Gasteiger partial charge in [-0.05, 0) is 24.1 Å². The van der Waals surface area contributed by atoms with Crippen molar-refractivity contribution in [3.8, 4) is 0 Å². The summed E-state index contributed by atoms with van der Waals surface area (Å²) in [6, 6.07) is 17.5. The van der Waals surface area contributed by atoms with E-state index in [1.54, 1.807) is 4.31 Å². The van der Waals surface area contributed by atoms with E-state index < -0.39 is 10.0 Å². The monoisotopic (exact) mass is 398 g/mol. The Morgan fingerprint density at radius 1 is 0.929 bits per heavy atom. The molecular formula is C21H26N4O2S. The molecule has 1 aliphatic rings. The lowest BCUT2D eigenvalue weighted by Crippen LogP contribution is -2.49. The second-order valence-corrected chi connectivity index (χ2v) is 9.15. The minimum absolute atomic E-state index is 0.0577. The molecule has 0 radical (unpaired) electrons. The summed E-state index contributed by atoms with van der Waals surface area (Å²) in [6.45, 7) is 5.35. The van der Waals surface area contributed by atoms with Crippen LogP contribution < -0.4 is 4.90 Å². The van der Waals surface area contributed by atoms with Gasteiger partial charge >= 0.3 is 0 Å². The molecular weight excluding hydrogens is 372 g/mol. The van der Waals surface area contributed by atoms with E-state index in [0.717, 1.165) is 35.5 Å². The Morgan fingerprint density at radius 2 is 1.61 bits per heavy atom. The van der Waals surface area contributed by atoms with Crippen LogP contribution in [-0.2, 0) is 22.3 Å². The molecule has 0 amide bonds. The molecule has 0 spiro atoms. The van der Waals surface area contributed by atoms with Crippen LogP contribution in [0.3, 0.4) is 0 Å². The first-order chi connectivity index (χ1) is 13.6. The van der Waals surface area contributed by atoms with Gasteiger partial charge < -0.3 is 9.47 Å². The summed E-state index contributed by atoms with van der Waals surface area (Å²) in [4.78, 5) is 7.04. The van der Waals surface area contributed by atoms with Crippen molar-refractivity contribution >= 4 is 27.0 Å². The summed E-state index contributed by atoms with van der Waals surface area (Å²) in [6.07, 6.45) is 1.03. The lowest BCUT2D eigenvalue weighted by Gasteiger charge is -2.34. The molecule has 7 heteroatoms. The van der Waals surface area contributed by atoms with E-state index in [2.05, 4.69) is 22.5 Å². The van der Waals surface area contributed by atoms with Gasteiger partial charge in [-0.1, -0.05) is 49.4 Å². The Morgan fingerprint density at radius 3 is 2.32 bits per heavy atom. The average molecular weight is 399 g/mol. The first kappa shape index (κ1) is 19.0. The fourth-order valence-corrected chi connectivity index (χ4v) is 5.31. The first-order valence-electron chi connectivity index (χ1n) is 9.80. The molecule has 0 atom stereocenters. The minimum Gasteiger partial charge on any atom is -0.340 e. The molecule has 6 nitrogen and oxygen atoms in total. The highest BCUT2D eigenvalue weighted by Gasteiger charge is 2.29. The lowest BCUT2D eigenvalue weighted by atomic mass is 10.2. The SMILES string of the molecule is CCCn1c(N2CCN(S(=O)(=O)Cc3ccccc3)CC2)nc2ccccc21. The van der Waals surface area contributed by atoms with E-state index in [9.17, 15) is 8.42 Å². The van der Waals surface area contributed by atoms with E-state index in [-0.39, 0.29) is 5.75 Å². The Hall–Kier alpha value is -2.38. The maximum absolute atomic E-state index is 12.8. The minimum atomic E-state index is -3.31. The van der Waals surface area contributed by atoms with E-state index in [4.69, 9.17) is 4.98 Å². The normalized spacial score (nSPS) is 16.0. The number of imidazole rings is 1. The molecule has 4 rings (SSSR count). The molecule has 0 aliphatic carbocycles. The second-order valence-electron chi connectivity index (χ2n) is 7.18. The van der Waals surface area contributed by atoms with Gasteiger partial charge in [0, 0.05) is 32.7 Å². The zero-order chi connectivity index (χ0) is 19.6. The van der Waals surface area contributed by atoms with Crippen LogP contribution in [0.1, 0.15) is 18.9 Å². The number of nitrogens with zero attached hydrogens (tertiary/aromatic N) is 4. The number of benzene rings is 2. The van der Waals surface area contributed by atoms with Crippen LogP contribution in [0.25, 0.3) is 11.0 Å². The molecule has 28 heavy (non-hydrogen) atoms. The van der Waals surface area contributed by atoms with Crippen LogP contribution in [0.15, 0.2) is 54.6 Å². The Balaban J connectivity index is 1.50. The van der Waals surface area contributed by atoms with Crippen molar-refractivity contribution in [2.45, 2.75) is 25.6 Å². The second kappa shape index (κ2) is 7.93. The van der Waals surface area contributed by atoms with Crippen LogP contribution in [-0.4, -0.2) is 48.5 Å². The predicted octanol–water partition coefficient (Wildman–Crippen LogP) is 3.10. The van der Waals surface area contributed by atoms with Gasteiger partial charge in [-0.3, -0.25) is 0 Å². The van der Waals surface area contributed by atoms with Gasteiger partial charge in [0.2, 0.25) is 16.0 Å². The number of rotatable bonds is 6. The fraction of sp³-hybridized carbons (Fsp3) is 0.381. The third kappa shape index (κ3) is 3.77. The maximum atomic E-state index is 12.8. The molecule has 0 N–H and O–H groups in total. The zero-order valence-corrected chi connectivity index (χ0v) is 17.0. The van der Waals surface area contributed by atoms with Crippen LogP contribution in [0.2, 0.25) is 0 Å². The summed E-state index contributed by atoms with van der Waals surface area (Å²) >= 11 is 0. The third-order valence-corrected chi connectivity index (χ3v) is 7.04. The van der Waals surface area contributed by atoms with Crippen LogP contribution in [0.4, 0.5) is 5.95 Å². The van der Waals surface area contributed by atoms with E-state index in [1.807, 2.05) is 48.5 Å². The highest BCUT2D eigenvalue weighted by Crippen LogP contribution is 2.25. The van der Waals surface area contributed by atoms with Gasteiger partial charge in [0.05, 0.1) is 16.8 Å². The number of hydrogen-bond acceptors (Lipinski definition) is 4. The van der Waals surface area contributed by atoms with Crippen molar-refractivity contribution in [3.05, 3.63) is 60.2 Å². The van der Waals surface area contributed by atoms with E-state index in [1.165, 1.54) is 0 Å². The van der Waals surface area contributed by atoms with Gasteiger partial charge in [-0.15, -0.1) is 0 Å². The smallest absolute Gasteiger partial charge is 0.218 e. The number of para-hydroxylation sites is 2. The Labute approximate surface area is 166 Å². The molecule has 2 aromatic carbocycles. The van der Waals surface area contributed by atoms with Crippen molar-refractivity contribution in [1.82, 2.24) is 13.9 Å². The van der Waals surface area contributed by atoms with Gasteiger partial charge in [0.15, 0.2) is 0 Å². The molecule has 148 valence electrons. The summed E-state index contributed by atoms with van der Waals surface area (Å²) in [5.41, 5.74) is 2.96. The van der Waals surface area contributed by atoms with Crippen LogP contribution in [0.5, 0.6) is 0 Å². The summed E-state index contributed by atoms with van der Waals surface area (Å²) < 4.78 is 29.5. The number of hydrogen-bond donors (Lipinski definition) is 0. The summed E-state index contributed by atoms with van der Waals surface area (Å²) in [5.74, 6) is 1.01. The van der Waals surface area contributed by atoms with E-state index in [0.29, 0.717) is 26.2 Å². The number of fused-ring (bicyclic) bond motifs is 1. The summed E-state index contributed by atoms with van der Waals surface area (Å²) in [5, 5.41) is 0. The molecule has 1 fully saturated rings. The van der Waals surface area contributed by atoms with Gasteiger partial charge in [0.25, 0.3) is 0 Å². The van der Waals surface area contributed by atoms with Gasteiger partial charge in [0.1, 0.15) is 0 Å². The number of anilines is 1. The number of aryl methyl sites for hydroxylation is 1. The quantitative estimate of drug-likeness (QED) is 0.640. The molecule has 1 saturated heterocycles. The molecule has 0 saturated carbocycles. The standard InChI is InChI=1S/C21H26N4O2S/c1-2-12-25-20-11-7-6-10-19(20)22-21(25)23-13-15-24(16-14-23)28(26,27)17-18-8-4-3-5-9-18/h3-11H,2,12-17H2,1H3. The largest absolute Gasteiger partial charge is 0.340 e. The highest BCUT2D eigenvalue weighted by atomic mass is 32.2. The van der Waals surface area contributed by atoms with Crippen LogP contribution >= 0.6 is 0 Å². The topological polar surface area (TPSA) is 58.4 Å². The predicted molar refractivity (Wildman–Crippen MR) is 113 cm³/mol. The number of piperazine rings is 1.